The van der Waals surface area contributed by atoms with Crippen LogP contribution in [0.5, 0.6) is 0 Å². The number of ketones is 1. The second-order valence-corrected chi connectivity index (χ2v) is 3.62. The van der Waals surface area contributed by atoms with E-state index in [1.54, 1.807) is 7.11 Å². The lowest BCUT2D eigenvalue weighted by Gasteiger charge is -2.20. The summed E-state index contributed by atoms with van der Waals surface area (Å²) in [5, 5.41) is 0. The topological polar surface area (TPSA) is 26.3 Å². The molecule has 0 aromatic heterocycles. The van der Waals surface area contributed by atoms with Crippen molar-refractivity contribution in [2.45, 2.75) is 45.6 Å². The average molecular weight is 196 g/mol. The number of rotatable bonds is 7. The highest BCUT2D eigenvalue weighted by atomic mass is 16.5. The van der Waals surface area contributed by atoms with E-state index in [9.17, 15) is 4.79 Å². The van der Waals surface area contributed by atoms with Gasteiger partial charge in [0, 0.05) is 13.5 Å². The third kappa shape index (κ3) is 5.04. The monoisotopic (exact) mass is 196 g/mol. The van der Waals surface area contributed by atoms with Crippen molar-refractivity contribution in [2.75, 3.05) is 7.11 Å². The first-order valence-corrected chi connectivity index (χ1v) is 5.13. The van der Waals surface area contributed by atoms with Gasteiger partial charge in [-0.15, -0.1) is 6.42 Å². The van der Waals surface area contributed by atoms with Gasteiger partial charge in [0.05, 0.1) is 12.5 Å². The summed E-state index contributed by atoms with van der Waals surface area (Å²) < 4.78 is 5.30. The Labute approximate surface area is 87.0 Å². The van der Waals surface area contributed by atoms with Crippen LogP contribution in [0, 0.1) is 18.3 Å². The Balaban J connectivity index is 3.78. The second kappa shape index (κ2) is 7.58. The Morgan fingerprint density at radius 2 is 2.21 bits per heavy atom. The molecule has 0 amide bonds. The van der Waals surface area contributed by atoms with E-state index in [1.807, 2.05) is 0 Å². The summed E-state index contributed by atoms with van der Waals surface area (Å²) in [4.78, 5) is 11.2. The molecule has 0 aromatic rings. The molecule has 0 heterocycles. The maximum Gasteiger partial charge on any atom is 0.144 e. The molecule has 0 N–H and O–H groups in total. The Kier molecular flexibility index (Phi) is 7.14. The SMILES string of the molecule is C#CCC(=O)CCC(C)C(CC)OC. The van der Waals surface area contributed by atoms with Gasteiger partial charge >= 0.3 is 0 Å². The maximum absolute atomic E-state index is 11.2. The van der Waals surface area contributed by atoms with E-state index in [2.05, 4.69) is 19.8 Å². The smallest absolute Gasteiger partial charge is 0.144 e. The molecule has 0 bridgehead atoms. The molecule has 0 aliphatic rings. The highest BCUT2D eigenvalue weighted by Crippen LogP contribution is 2.16. The van der Waals surface area contributed by atoms with Crippen molar-refractivity contribution < 1.29 is 9.53 Å². The van der Waals surface area contributed by atoms with Crippen LogP contribution in [0.4, 0.5) is 0 Å². The van der Waals surface area contributed by atoms with Crippen LogP contribution in [0.15, 0.2) is 0 Å². The summed E-state index contributed by atoms with van der Waals surface area (Å²) in [7, 11) is 1.72. The zero-order valence-electron chi connectivity index (χ0n) is 9.38. The third-order valence-corrected chi connectivity index (χ3v) is 2.52. The molecule has 0 saturated carbocycles. The first-order chi connectivity index (χ1) is 6.65. The molecule has 2 nitrogen and oxygen atoms in total. The number of hydrogen-bond acceptors (Lipinski definition) is 2. The Hall–Kier alpha value is -0.810. The fourth-order valence-corrected chi connectivity index (χ4v) is 1.58. The lowest BCUT2D eigenvalue weighted by molar-refractivity contribution is -0.118. The number of carbonyl (C=O) groups excluding carboxylic acids is 1. The number of Topliss-reactive ketones (excluding diaryl/α,β-unsaturated/α-hetero) is 1. The van der Waals surface area contributed by atoms with Crippen LogP contribution in [-0.2, 0) is 9.53 Å². The molecule has 2 unspecified atom stereocenters. The fraction of sp³-hybridized carbons (Fsp3) is 0.750. The van der Waals surface area contributed by atoms with E-state index in [4.69, 9.17) is 11.2 Å². The van der Waals surface area contributed by atoms with E-state index in [-0.39, 0.29) is 18.3 Å². The van der Waals surface area contributed by atoms with Gasteiger partial charge in [-0.05, 0) is 18.8 Å². The maximum atomic E-state index is 11.2. The lowest BCUT2D eigenvalue weighted by Crippen LogP contribution is -2.20. The summed E-state index contributed by atoms with van der Waals surface area (Å²) in [6.07, 6.45) is 8.00. The number of hydrogen-bond donors (Lipinski definition) is 0. The highest BCUT2D eigenvalue weighted by Gasteiger charge is 2.15. The molecule has 0 aliphatic carbocycles. The van der Waals surface area contributed by atoms with Crippen molar-refractivity contribution >= 4 is 5.78 Å². The number of carbonyl (C=O) groups is 1. The van der Waals surface area contributed by atoms with Crippen LogP contribution >= 0.6 is 0 Å². The minimum absolute atomic E-state index is 0.158. The van der Waals surface area contributed by atoms with Gasteiger partial charge in [-0.3, -0.25) is 4.79 Å². The molecule has 0 aliphatic heterocycles. The molecule has 14 heavy (non-hydrogen) atoms. The normalized spacial score (nSPS) is 14.4. The molecular formula is C12H20O2. The van der Waals surface area contributed by atoms with Crippen molar-refractivity contribution in [1.82, 2.24) is 0 Å². The van der Waals surface area contributed by atoms with Crippen molar-refractivity contribution in [3.05, 3.63) is 0 Å². The van der Waals surface area contributed by atoms with Crippen molar-refractivity contribution in [3.8, 4) is 12.3 Å². The number of terminal acetylenes is 1. The van der Waals surface area contributed by atoms with E-state index in [0.29, 0.717) is 12.3 Å². The quantitative estimate of drug-likeness (QED) is 0.584. The zero-order valence-corrected chi connectivity index (χ0v) is 9.38. The largest absolute Gasteiger partial charge is 0.381 e. The van der Waals surface area contributed by atoms with E-state index < -0.39 is 0 Å². The molecule has 0 rings (SSSR count). The Morgan fingerprint density at radius 1 is 1.57 bits per heavy atom. The van der Waals surface area contributed by atoms with Gasteiger partial charge in [0.2, 0.25) is 0 Å². The van der Waals surface area contributed by atoms with Gasteiger partial charge in [-0.2, -0.15) is 0 Å². The molecule has 0 radical (unpaired) electrons. The molecule has 0 aromatic carbocycles. The molecule has 80 valence electrons. The van der Waals surface area contributed by atoms with Crippen LogP contribution < -0.4 is 0 Å². The first-order valence-electron chi connectivity index (χ1n) is 5.13. The predicted octanol–water partition coefficient (Wildman–Crippen LogP) is 2.42. The highest BCUT2D eigenvalue weighted by molar-refractivity contribution is 5.80. The average Bonchev–Trinajstić information content (AvgIpc) is 2.17. The first kappa shape index (κ1) is 13.2. The minimum Gasteiger partial charge on any atom is -0.381 e. The molecule has 0 saturated heterocycles. The van der Waals surface area contributed by atoms with E-state index >= 15 is 0 Å². The summed E-state index contributed by atoms with van der Waals surface area (Å²) in [6, 6.07) is 0. The molecule has 2 atom stereocenters. The van der Waals surface area contributed by atoms with Gasteiger partial charge in [-0.1, -0.05) is 19.8 Å². The van der Waals surface area contributed by atoms with Crippen LogP contribution in [0.3, 0.4) is 0 Å². The summed E-state index contributed by atoms with van der Waals surface area (Å²) >= 11 is 0. The van der Waals surface area contributed by atoms with Gasteiger partial charge in [-0.25, -0.2) is 0 Å². The van der Waals surface area contributed by atoms with Crippen molar-refractivity contribution in [1.29, 1.82) is 0 Å². The van der Waals surface area contributed by atoms with Crippen LogP contribution in [0.1, 0.15) is 39.5 Å². The van der Waals surface area contributed by atoms with E-state index in [1.165, 1.54) is 0 Å². The Bertz CT molecular complexity index is 199. The van der Waals surface area contributed by atoms with Gasteiger partial charge in [0.1, 0.15) is 5.78 Å². The summed E-state index contributed by atoms with van der Waals surface area (Å²) in [5.41, 5.74) is 0. The van der Waals surface area contributed by atoms with E-state index in [0.717, 1.165) is 12.8 Å². The van der Waals surface area contributed by atoms with Crippen LogP contribution in [0.25, 0.3) is 0 Å². The third-order valence-electron chi connectivity index (χ3n) is 2.52. The molecule has 0 spiro atoms. The number of ether oxygens (including phenoxy) is 1. The standard InChI is InChI=1S/C12H20O2/c1-5-7-11(13)9-8-10(3)12(6-2)14-4/h1,10,12H,6-9H2,2-4H3. The van der Waals surface area contributed by atoms with Gasteiger partial charge < -0.3 is 4.74 Å². The lowest BCUT2D eigenvalue weighted by atomic mass is 9.95. The molecule has 0 fully saturated rings. The number of methoxy groups -OCH3 is 1. The van der Waals surface area contributed by atoms with Gasteiger partial charge in [0.15, 0.2) is 0 Å². The zero-order chi connectivity index (χ0) is 11.0. The van der Waals surface area contributed by atoms with Crippen LogP contribution in [0.2, 0.25) is 0 Å². The minimum atomic E-state index is 0.158. The second-order valence-electron chi connectivity index (χ2n) is 3.62. The summed E-state index contributed by atoms with van der Waals surface area (Å²) in [5.74, 6) is 2.95. The summed E-state index contributed by atoms with van der Waals surface area (Å²) in [6.45, 7) is 4.20. The van der Waals surface area contributed by atoms with Crippen LogP contribution in [-0.4, -0.2) is 19.0 Å². The molecule has 2 heteroatoms. The predicted molar refractivity (Wildman–Crippen MR) is 57.9 cm³/mol. The van der Waals surface area contributed by atoms with Gasteiger partial charge in [0.25, 0.3) is 0 Å². The Morgan fingerprint density at radius 3 is 2.64 bits per heavy atom. The van der Waals surface area contributed by atoms with Crippen molar-refractivity contribution in [3.63, 3.8) is 0 Å². The molecular weight excluding hydrogens is 176 g/mol. The fourth-order valence-electron chi connectivity index (χ4n) is 1.58. The van der Waals surface area contributed by atoms with Crippen molar-refractivity contribution in [2.24, 2.45) is 5.92 Å².